The summed E-state index contributed by atoms with van der Waals surface area (Å²) >= 11 is 6.12. The topological polar surface area (TPSA) is 173 Å². The number of aromatic nitrogens is 1. The van der Waals surface area contributed by atoms with E-state index in [1.54, 1.807) is 24.4 Å². The Morgan fingerprint density at radius 1 is 1.19 bits per heavy atom. The molecule has 1 aliphatic heterocycles. The van der Waals surface area contributed by atoms with Crippen molar-refractivity contribution >= 4 is 34.9 Å². The van der Waals surface area contributed by atoms with Crippen molar-refractivity contribution in [3.8, 4) is 18.3 Å². The SMILES string of the molecule is N#CNC1=NC(c2ccc(C#N)c(Cl)c2)c2c(nc(N)c(C#N)c2N)N1. The number of rotatable bonds is 1. The number of guanidine groups is 1. The standard InChI is InChI=1S/C16H10ClN9/c17-10-3-7(1-2-8(10)4-18)13-11-12(21)9(5-19)14(22)25-15(11)26-16(24-13)23-6-20/h1-3,13H,(H6,21,22,23,24,25,26). The van der Waals surface area contributed by atoms with E-state index in [1.165, 1.54) is 0 Å². The van der Waals surface area contributed by atoms with Crippen molar-refractivity contribution in [2.75, 3.05) is 16.8 Å². The van der Waals surface area contributed by atoms with Crippen LogP contribution in [0.3, 0.4) is 0 Å². The van der Waals surface area contributed by atoms with Gasteiger partial charge in [0.25, 0.3) is 0 Å². The molecule has 1 aromatic heterocycles. The molecular formula is C16H10ClN9. The van der Waals surface area contributed by atoms with Crippen LogP contribution in [0.25, 0.3) is 0 Å². The summed E-state index contributed by atoms with van der Waals surface area (Å²) in [4.78, 5) is 8.56. The molecule has 126 valence electrons. The van der Waals surface area contributed by atoms with E-state index in [0.29, 0.717) is 16.7 Å². The van der Waals surface area contributed by atoms with E-state index in [-0.39, 0.29) is 33.9 Å². The molecule has 0 saturated carbocycles. The van der Waals surface area contributed by atoms with E-state index in [1.807, 2.05) is 12.1 Å². The molecule has 9 nitrogen and oxygen atoms in total. The molecule has 2 heterocycles. The summed E-state index contributed by atoms with van der Waals surface area (Å²) < 4.78 is 0. The highest BCUT2D eigenvalue weighted by molar-refractivity contribution is 6.31. The molecule has 3 rings (SSSR count). The van der Waals surface area contributed by atoms with Crippen molar-refractivity contribution in [1.82, 2.24) is 10.3 Å². The zero-order valence-electron chi connectivity index (χ0n) is 13.1. The summed E-state index contributed by atoms with van der Waals surface area (Å²) in [5, 5.41) is 32.7. The zero-order chi connectivity index (χ0) is 18.8. The van der Waals surface area contributed by atoms with E-state index in [9.17, 15) is 5.26 Å². The van der Waals surface area contributed by atoms with Crippen molar-refractivity contribution in [3.63, 3.8) is 0 Å². The van der Waals surface area contributed by atoms with Crippen LogP contribution in [0, 0.1) is 34.1 Å². The first-order valence-electron chi connectivity index (χ1n) is 7.18. The van der Waals surface area contributed by atoms with Gasteiger partial charge in [0, 0.05) is 5.56 Å². The van der Waals surface area contributed by atoms with Gasteiger partial charge in [-0.2, -0.15) is 15.8 Å². The summed E-state index contributed by atoms with van der Waals surface area (Å²) in [5.74, 6) is 0.379. The van der Waals surface area contributed by atoms with Crippen LogP contribution in [-0.4, -0.2) is 10.9 Å². The van der Waals surface area contributed by atoms with E-state index in [0.717, 1.165) is 0 Å². The molecule has 0 spiro atoms. The lowest BCUT2D eigenvalue weighted by molar-refractivity contribution is 0.846. The van der Waals surface area contributed by atoms with Gasteiger partial charge in [-0.05, 0) is 17.7 Å². The number of fused-ring (bicyclic) bond motifs is 1. The maximum absolute atomic E-state index is 9.29. The van der Waals surface area contributed by atoms with Crippen molar-refractivity contribution < 1.29 is 0 Å². The molecule has 1 unspecified atom stereocenters. The molecule has 1 aliphatic rings. The van der Waals surface area contributed by atoms with Gasteiger partial charge in [-0.3, -0.25) is 5.32 Å². The minimum Gasteiger partial charge on any atom is -0.397 e. The van der Waals surface area contributed by atoms with Gasteiger partial charge in [0.1, 0.15) is 35.4 Å². The normalized spacial score (nSPS) is 14.7. The number of hydrogen-bond acceptors (Lipinski definition) is 9. The van der Waals surface area contributed by atoms with Crippen LogP contribution in [-0.2, 0) is 0 Å². The molecule has 2 aromatic rings. The highest BCUT2D eigenvalue weighted by Gasteiger charge is 2.29. The van der Waals surface area contributed by atoms with Crippen LogP contribution >= 0.6 is 11.6 Å². The molecule has 1 aromatic carbocycles. The average Bonchev–Trinajstić information content (AvgIpc) is 2.61. The molecule has 26 heavy (non-hydrogen) atoms. The van der Waals surface area contributed by atoms with Gasteiger partial charge in [0.2, 0.25) is 5.96 Å². The summed E-state index contributed by atoms with van der Waals surface area (Å²) in [6.07, 6.45) is 1.77. The summed E-state index contributed by atoms with van der Waals surface area (Å²) in [6.45, 7) is 0. The first kappa shape index (κ1) is 16.8. The van der Waals surface area contributed by atoms with Gasteiger partial charge in [0.15, 0.2) is 6.19 Å². The van der Waals surface area contributed by atoms with Gasteiger partial charge in [-0.1, -0.05) is 17.7 Å². The lowest BCUT2D eigenvalue weighted by Gasteiger charge is -2.26. The van der Waals surface area contributed by atoms with E-state index < -0.39 is 6.04 Å². The van der Waals surface area contributed by atoms with Crippen molar-refractivity contribution in [2.45, 2.75) is 6.04 Å². The fraction of sp³-hybridized carbons (Fsp3) is 0.0625. The van der Waals surface area contributed by atoms with Crippen LogP contribution in [0.4, 0.5) is 17.3 Å². The number of nitrogens with zero attached hydrogens (tertiary/aromatic N) is 5. The molecular weight excluding hydrogens is 354 g/mol. The van der Waals surface area contributed by atoms with E-state index >= 15 is 0 Å². The van der Waals surface area contributed by atoms with Crippen molar-refractivity contribution in [3.05, 3.63) is 45.5 Å². The molecule has 0 fully saturated rings. The molecule has 6 N–H and O–H groups in total. The highest BCUT2D eigenvalue weighted by Crippen LogP contribution is 2.41. The predicted octanol–water partition coefficient (Wildman–Crippen LogP) is 1.58. The number of nitrogens with two attached hydrogens (primary N) is 2. The molecule has 1 atom stereocenters. The molecule has 10 heteroatoms. The first-order chi connectivity index (χ1) is 12.5. The van der Waals surface area contributed by atoms with Crippen LogP contribution in [0.15, 0.2) is 23.2 Å². The molecule has 0 radical (unpaired) electrons. The smallest absolute Gasteiger partial charge is 0.211 e. The number of nitrogens with one attached hydrogen (secondary N) is 2. The molecule has 0 bridgehead atoms. The third-order valence-corrected chi connectivity index (χ3v) is 4.10. The van der Waals surface area contributed by atoms with Crippen molar-refractivity contribution in [2.24, 2.45) is 4.99 Å². The van der Waals surface area contributed by atoms with Gasteiger partial charge < -0.3 is 16.8 Å². The second kappa shape index (κ2) is 6.48. The largest absolute Gasteiger partial charge is 0.397 e. The number of halogens is 1. The van der Waals surface area contributed by atoms with Crippen molar-refractivity contribution in [1.29, 1.82) is 15.8 Å². The Morgan fingerprint density at radius 2 is 1.96 bits per heavy atom. The number of benzene rings is 1. The van der Waals surface area contributed by atoms with Gasteiger partial charge in [-0.15, -0.1) is 0 Å². The summed E-state index contributed by atoms with van der Waals surface area (Å²) in [7, 11) is 0. The lowest BCUT2D eigenvalue weighted by atomic mass is 9.94. The van der Waals surface area contributed by atoms with Crippen LogP contribution in [0.1, 0.15) is 28.3 Å². The Hall–Kier alpha value is -4.00. The van der Waals surface area contributed by atoms with Gasteiger partial charge in [0.05, 0.1) is 16.3 Å². The number of nitrogen functional groups attached to an aromatic ring is 2. The minimum atomic E-state index is -0.701. The second-order valence-corrected chi connectivity index (χ2v) is 5.66. The fourth-order valence-corrected chi connectivity index (χ4v) is 2.85. The average molecular weight is 364 g/mol. The predicted molar refractivity (Wildman–Crippen MR) is 95.6 cm³/mol. The first-order valence-corrected chi connectivity index (χ1v) is 7.56. The quantitative estimate of drug-likeness (QED) is 0.436. The van der Waals surface area contributed by atoms with E-state index in [2.05, 4.69) is 20.6 Å². The van der Waals surface area contributed by atoms with Gasteiger partial charge >= 0.3 is 0 Å². The Labute approximate surface area is 153 Å². The number of aliphatic imine (C=N–C) groups is 1. The zero-order valence-corrected chi connectivity index (χ0v) is 13.8. The van der Waals surface area contributed by atoms with Crippen LogP contribution in [0.5, 0.6) is 0 Å². The number of pyridine rings is 1. The second-order valence-electron chi connectivity index (χ2n) is 5.25. The maximum atomic E-state index is 9.29. The Balaban J connectivity index is 2.25. The highest BCUT2D eigenvalue weighted by atomic mass is 35.5. The monoisotopic (exact) mass is 363 g/mol. The minimum absolute atomic E-state index is 0.0360. The molecule has 0 saturated heterocycles. The number of nitriles is 3. The number of hydrogen-bond donors (Lipinski definition) is 4. The fourth-order valence-electron chi connectivity index (χ4n) is 2.61. The Kier molecular flexibility index (Phi) is 4.20. The van der Waals surface area contributed by atoms with Crippen LogP contribution < -0.4 is 22.1 Å². The Morgan fingerprint density at radius 3 is 2.58 bits per heavy atom. The van der Waals surface area contributed by atoms with Crippen LogP contribution in [0.2, 0.25) is 5.02 Å². The van der Waals surface area contributed by atoms with Gasteiger partial charge in [-0.25, -0.2) is 9.98 Å². The Bertz CT molecular complexity index is 1070. The molecule has 0 aliphatic carbocycles. The number of anilines is 3. The maximum Gasteiger partial charge on any atom is 0.211 e. The third-order valence-electron chi connectivity index (χ3n) is 3.79. The third kappa shape index (κ3) is 2.67. The lowest BCUT2D eigenvalue weighted by Crippen LogP contribution is -2.32. The van der Waals surface area contributed by atoms with E-state index in [4.69, 9.17) is 33.6 Å². The summed E-state index contributed by atoms with van der Waals surface area (Å²) in [6, 6.07) is 8.00. The molecule has 0 amide bonds. The summed E-state index contributed by atoms with van der Waals surface area (Å²) in [5.41, 5.74) is 13.4.